The second kappa shape index (κ2) is 3.65. The van der Waals surface area contributed by atoms with Crippen LogP contribution >= 0.6 is 0 Å². The van der Waals surface area contributed by atoms with Gasteiger partial charge in [0.25, 0.3) is 0 Å². The van der Waals surface area contributed by atoms with Crippen molar-refractivity contribution in [2.45, 2.75) is 31.8 Å². The van der Waals surface area contributed by atoms with E-state index in [0.717, 1.165) is 17.9 Å². The van der Waals surface area contributed by atoms with Crippen LogP contribution in [0.4, 0.5) is 11.4 Å². The van der Waals surface area contributed by atoms with Crippen LogP contribution in [0.2, 0.25) is 0 Å². The summed E-state index contributed by atoms with van der Waals surface area (Å²) in [5.74, 6) is -0.844. The van der Waals surface area contributed by atoms with Crippen molar-refractivity contribution in [3.05, 3.63) is 23.8 Å². The summed E-state index contributed by atoms with van der Waals surface area (Å²) in [7, 11) is 0. The zero-order valence-corrected chi connectivity index (χ0v) is 9.81. The summed E-state index contributed by atoms with van der Waals surface area (Å²) in [6, 6.07) is 6.34. The van der Waals surface area contributed by atoms with Crippen LogP contribution in [-0.2, 0) is 0 Å². The fraction of sp³-hybridized carbons (Fsp3) is 0.462. The van der Waals surface area contributed by atoms with Gasteiger partial charge in [-0.25, -0.2) is 4.79 Å². The third-order valence-corrected chi connectivity index (χ3v) is 3.53. The Morgan fingerprint density at radius 2 is 2.24 bits per heavy atom. The van der Waals surface area contributed by atoms with Crippen molar-refractivity contribution in [2.24, 2.45) is 0 Å². The van der Waals surface area contributed by atoms with Gasteiger partial charge in [-0.3, -0.25) is 0 Å². The van der Waals surface area contributed by atoms with E-state index in [0.29, 0.717) is 17.6 Å². The molecule has 1 saturated carbocycles. The zero-order chi connectivity index (χ0) is 12.0. The number of para-hydroxylation sites is 1. The molecule has 0 spiro atoms. The van der Waals surface area contributed by atoms with E-state index in [2.05, 4.69) is 17.1 Å². The number of carboxylic acids is 1. The average molecular weight is 232 g/mol. The summed E-state index contributed by atoms with van der Waals surface area (Å²) >= 11 is 0. The van der Waals surface area contributed by atoms with E-state index in [1.54, 1.807) is 12.1 Å². The molecule has 4 nitrogen and oxygen atoms in total. The monoisotopic (exact) mass is 232 g/mol. The number of nitrogens with one attached hydrogen (secondary N) is 1. The molecule has 0 bridgehead atoms. The Morgan fingerprint density at radius 3 is 2.88 bits per heavy atom. The van der Waals surface area contributed by atoms with Crippen molar-refractivity contribution < 1.29 is 9.90 Å². The Balaban J connectivity index is 2.13. The normalized spacial score (nSPS) is 22.9. The molecule has 0 amide bonds. The van der Waals surface area contributed by atoms with Crippen molar-refractivity contribution in [1.82, 2.24) is 0 Å². The molecule has 1 aromatic carbocycles. The minimum Gasteiger partial charge on any atom is -0.478 e. The molecule has 90 valence electrons. The standard InChI is InChI=1S/C13H16N2O2/c1-8-7-14-11-4-2-3-10(13(16)17)12(11)15(8)9-5-6-9/h2-4,8-9,14H,5-7H2,1H3,(H,16,17). The topological polar surface area (TPSA) is 52.6 Å². The predicted molar refractivity (Wildman–Crippen MR) is 66.9 cm³/mol. The van der Waals surface area contributed by atoms with Crippen LogP contribution in [0.25, 0.3) is 0 Å². The van der Waals surface area contributed by atoms with Gasteiger partial charge in [0, 0.05) is 18.6 Å². The molecule has 1 aliphatic heterocycles. The zero-order valence-electron chi connectivity index (χ0n) is 9.81. The largest absolute Gasteiger partial charge is 0.478 e. The number of anilines is 2. The van der Waals surface area contributed by atoms with Gasteiger partial charge in [0.2, 0.25) is 0 Å². The molecule has 3 rings (SSSR count). The van der Waals surface area contributed by atoms with Gasteiger partial charge in [0.1, 0.15) is 0 Å². The van der Waals surface area contributed by atoms with E-state index >= 15 is 0 Å². The molecule has 4 heteroatoms. The van der Waals surface area contributed by atoms with Gasteiger partial charge in [0.05, 0.1) is 16.9 Å². The van der Waals surface area contributed by atoms with E-state index in [1.807, 2.05) is 6.07 Å². The number of carboxylic acid groups (broad SMARTS) is 1. The number of aromatic carboxylic acids is 1. The van der Waals surface area contributed by atoms with Crippen LogP contribution in [0, 0.1) is 0 Å². The van der Waals surface area contributed by atoms with Crippen LogP contribution in [0.15, 0.2) is 18.2 Å². The van der Waals surface area contributed by atoms with E-state index in [1.165, 1.54) is 12.8 Å². The van der Waals surface area contributed by atoms with Crippen LogP contribution in [0.5, 0.6) is 0 Å². The van der Waals surface area contributed by atoms with Crippen LogP contribution in [0.3, 0.4) is 0 Å². The lowest BCUT2D eigenvalue weighted by Gasteiger charge is -2.38. The minimum atomic E-state index is -0.844. The van der Waals surface area contributed by atoms with Crippen molar-refractivity contribution in [1.29, 1.82) is 0 Å². The molecule has 0 aromatic heterocycles. The van der Waals surface area contributed by atoms with Gasteiger partial charge in [-0.1, -0.05) is 6.07 Å². The quantitative estimate of drug-likeness (QED) is 0.820. The molecule has 1 heterocycles. The van der Waals surface area contributed by atoms with E-state index in [4.69, 9.17) is 0 Å². The van der Waals surface area contributed by atoms with E-state index in [-0.39, 0.29) is 0 Å². The highest BCUT2D eigenvalue weighted by Gasteiger charge is 2.37. The number of hydrogen-bond donors (Lipinski definition) is 2. The first kappa shape index (κ1) is 10.4. The van der Waals surface area contributed by atoms with Crippen LogP contribution in [0.1, 0.15) is 30.1 Å². The molecule has 17 heavy (non-hydrogen) atoms. The maximum absolute atomic E-state index is 11.3. The number of benzene rings is 1. The molecule has 1 aromatic rings. The Kier molecular flexibility index (Phi) is 2.24. The smallest absolute Gasteiger partial charge is 0.337 e. The van der Waals surface area contributed by atoms with E-state index < -0.39 is 5.97 Å². The Labute approximate surface area is 100 Å². The Hall–Kier alpha value is -1.71. The van der Waals surface area contributed by atoms with Crippen molar-refractivity contribution in [3.63, 3.8) is 0 Å². The molecule has 1 unspecified atom stereocenters. The van der Waals surface area contributed by atoms with Crippen LogP contribution < -0.4 is 10.2 Å². The van der Waals surface area contributed by atoms with Crippen LogP contribution in [-0.4, -0.2) is 29.7 Å². The molecule has 1 aliphatic carbocycles. The van der Waals surface area contributed by atoms with Crippen molar-refractivity contribution in [3.8, 4) is 0 Å². The first-order valence-electron chi connectivity index (χ1n) is 6.07. The van der Waals surface area contributed by atoms with Gasteiger partial charge in [-0.15, -0.1) is 0 Å². The number of rotatable bonds is 2. The second-order valence-electron chi connectivity index (χ2n) is 4.88. The lowest BCUT2D eigenvalue weighted by Crippen LogP contribution is -2.44. The highest BCUT2D eigenvalue weighted by Crippen LogP contribution is 2.41. The second-order valence-corrected chi connectivity index (χ2v) is 4.88. The first-order valence-corrected chi connectivity index (χ1v) is 6.07. The van der Waals surface area contributed by atoms with Crippen molar-refractivity contribution in [2.75, 3.05) is 16.8 Å². The molecular weight excluding hydrogens is 216 g/mol. The maximum Gasteiger partial charge on any atom is 0.337 e. The first-order chi connectivity index (χ1) is 8.18. The lowest BCUT2D eigenvalue weighted by molar-refractivity contribution is 0.0697. The molecule has 2 N–H and O–H groups in total. The molecular formula is C13H16N2O2. The summed E-state index contributed by atoms with van der Waals surface area (Å²) in [6.07, 6.45) is 2.36. The molecule has 2 aliphatic rings. The van der Waals surface area contributed by atoms with E-state index in [9.17, 15) is 9.90 Å². The van der Waals surface area contributed by atoms with Gasteiger partial charge in [-0.2, -0.15) is 0 Å². The Morgan fingerprint density at radius 1 is 1.47 bits per heavy atom. The molecule has 0 saturated heterocycles. The summed E-state index contributed by atoms with van der Waals surface area (Å²) in [5, 5.41) is 12.6. The number of nitrogens with zero attached hydrogens (tertiary/aromatic N) is 1. The van der Waals surface area contributed by atoms with Crippen molar-refractivity contribution >= 4 is 17.3 Å². The van der Waals surface area contributed by atoms with Gasteiger partial charge < -0.3 is 15.3 Å². The average Bonchev–Trinajstić information content (AvgIpc) is 3.12. The van der Waals surface area contributed by atoms with Gasteiger partial charge in [-0.05, 0) is 31.9 Å². The fourth-order valence-corrected chi connectivity index (χ4v) is 2.61. The Bertz CT molecular complexity index is 468. The highest BCUT2D eigenvalue weighted by atomic mass is 16.4. The summed E-state index contributed by atoms with van der Waals surface area (Å²) in [6.45, 7) is 3.03. The number of hydrogen-bond acceptors (Lipinski definition) is 3. The molecule has 0 radical (unpaired) electrons. The van der Waals surface area contributed by atoms with Gasteiger partial charge >= 0.3 is 5.97 Å². The summed E-state index contributed by atoms with van der Waals surface area (Å²) in [5.41, 5.74) is 2.24. The predicted octanol–water partition coefficient (Wildman–Crippen LogP) is 2.17. The fourth-order valence-electron chi connectivity index (χ4n) is 2.61. The molecule has 1 fully saturated rings. The molecule has 1 atom stereocenters. The van der Waals surface area contributed by atoms with Gasteiger partial charge in [0.15, 0.2) is 0 Å². The third kappa shape index (κ3) is 1.64. The lowest BCUT2D eigenvalue weighted by atomic mass is 10.0. The number of fused-ring (bicyclic) bond motifs is 1. The highest BCUT2D eigenvalue weighted by molar-refractivity contribution is 5.99. The SMILES string of the molecule is CC1CNc2cccc(C(=O)O)c2N1C1CC1. The summed E-state index contributed by atoms with van der Waals surface area (Å²) in [4.78, 5) is 13.6. The third-order valence-electron chi connectivity index (χ3n) is 3.53. The number of carbonyl (C=O) groups is 1. The summed E-state index contributed by atoms with van der Waals surface area (Å²) < 4.78 is 0. The minimum absolute atomic E-state index is 0.357. The maximum atomic E-state index is 11.3.